The fourth-order valence-electron chi connectivity index (χ4n) is 4.32. The number of hydrogen-bond acceptors (Lipinski definition) is 8. The van der Waals surface area contributed by atoms with Crippen molar-refractivity contribution in [3.8, 4) is 11.5 Å². The minimum Gasteiger partial charge on any atom is -0.490 e. The Labute approximate surface area is 259 Å². The molecule has 1 aliphatic heterocycles. The number of amidine groups is 1. The van der Waals surface area contributed by atoms with Crippen molar-refractivity contribution in [2.24, 2.45) is 4.99 Å². The molecule has 1 heterocycles. The zero-order chi connectivity index (χ0) is 31.6. The van der Waals surface area contributed by atoms with Crippen LogP contribution in [0.25, 0.3) is 6.08 Å². The first-order valence-corrected chi connectivity index (χ1v) is 14.6. The molecule has 11 heteroatoms. The number of halogens is 1. The van der Waals surface area contributed by atoms with E-state index in [-0.39, 0.29) is 12.5 Å². The van der Waals surface area contributed by atoms with Gasteiger partial charge in [0, 0.05) is 17.8 Å². The third-order valence-electron chi connectivity index (χ3n) is 6.29. The van der Waals surface area contributed by atoms with Crippen LogP contribution in [0.5, 0.6) is 11.5 Å². The molecule has 0 aromatic heterocycles. The van der Waals surface area contributed by atoms with Gasteiger partial charge < -0.3 is 19.5 Å². The molecule has 3 aromatic carbocycles. The highest BCUT2D eigenvalue weighted by atomic mass is 32.2. The first-order chi connectivity index (χ1) is 21.3. The lowest BCUT2D eigenvalue weighted by Gasteiger charge is -2.17. The Kier molecular flexibility index (Phi) is 10.9. The van der Waals surface area contributed by atoms with Gasteiger partial charge >= 0.3 is 5.97 Å². The van der Waals surface area contributed by atoms with Crippen molar-refractivity contribution in [2.75, 3.05) is 32.2 Å². The van der Waals surface area contributed by atoms with Crippen molar-refractivity contribution in [1.29, 1.82) is 0 Å². The summed E-state index contributed by atoms with van der Waals surface area (Å²) < 4.78 is 29.8. The molecule has 9 nitrogen and oxygen atoms in total. The van der Waals surface area contributed by atoms with Crippen LogP contribution < -0.4 is 14.8 Å². The number of ether oxygens (including phenoxy) is 3. The van der Waals surface area contributed by atoms with E-state index < -0.39 is 17.7 Å². The van der Waals surface area contributed by atoms with Crippen molar-refractivity contribution in [2.45, 2.75) is 20.3 Å². The van der Waals surface area contributed by atoms with Gasteiger partial charge in [-0.3, -0.25) is 14.5 Å². The number of anilines is 1. The van der Waals surface area contributed by atoms with E-state index in [2.05, 4.69) is 16.9 Å². The van der Waals surface area contributed by atoms with E-state index in [1.54, 1.807) is 47.4 Å². The number of methoxy groups -OCH3 is 1. The summed E-state index contributed by atoms with van der Waals surface area (Å²) in [7, 11) is 1.31. The number of amides is 2. The molecule has 0 radical (unpaired) electrons. The van der Waals surface area contributed by atoms with Crippen molar-refractivity contribution in [3.05, 3.63) is 101 Å². The van der Waals surface area contributed by atoms with Gasteiger partial charge in [-0.15, -0.1) is 6.58 Å². The number of esters is 1. The maximum atomic E-state index is 13.3. The summed E-state index contributed by atoms with van der Waals surface area (Å²) in [5, 5.41) is 3.15. The Bertz CT molecular complexity index is 1620. The summed E-state index contributed by atoms with van der Waals surface area (Å²) in [6, 6.07) is 15.7. The van der Waals surface area contributed by atoms with Gasteiger partial charge in [0.15, 0.2) is 23.3 Å². The van der Waals surface area contributed by atoms with Crippen LogP contribution in [0.4, 0.5) is 15.8 Å². The molecule has 2 amide bonds. The fraction of sp³-hybridized carbons (Fsp3) is 0.212. The molecule has 228 valence electrons. The number of nitrogens with one attached hydrogen (secondary N) is 1. The van der Waals surface area contributed by atoms with Crippen LogP contribution in [0.1, 0.15) is 35.3 Å². The number of benzene rings is 3. The molecular formula is C33H32FN3O6S. The topological polar surface area (TPSA) is 107 Å². The highest BCUT2D eigenvalue weighted by molar-refractivity contribution is 8.18. The second-order valence-corrected chi connectivity index (χ2v) is 10.4. The number of nitrogens with zero attached hydrogens (tertiary/aromatic N) is 2. The largest absolute Gasteiger partial charge is 0.490 e. The molecule has 44 heavy (non-hydrogen) atoms. The molecule has 1 saturated heterocycles. The molecule has 0 saturated carbocycles. The van der Waals surface area contributed by atoms with E-state index in [1.807, 2.05) is 19.9 Å². The number of aliphatic imine (C=N–C) groups is 1. The van der Waals surface area contributed by atoms with Crippen LogP contribution in [0, 0.1) is 5.82 Å². The normalized spacial score (nSPS) is 14.5. The Morgan fingerprint density at radius 2 is 1.86 bits per heavy atom. The van der Waals surface area contributed by atoms with E-state index in [0.717, 1.165) is 0 Å². The van der Waals surface area contributed by atoms with Gasteiger partial charge in [-0.05, 0) is 98.3 Å². The molecule has 0 atom stereocenters. The van der Waals surface area contributed by atoms with Gasteiger partial charge in [0.05, 0.1) is 29.9 Å². The zero-order valence-corrected chi connectivity index (χ0v) is 25.4. The molecular weight excluding hydrogens is 585 g/mol. The number of carbonyl (C=O) groups is 3. The van der Waals surface area contributed by atoms with Crippen molar-refractivity contribution < 1.29 is 33.0 Å². The number of rotatable bonds is 12. The molecule has 1 fully saturated rings. The maximum absolute atomic E-state index is 13.3. The first kappa shape index (κ1) is 32.0. The van der Waals surface area contributed by atoms with E-state index in [4.69, 9.17) is 14.2 Å². The standard InChI is InChI=1S/C33H32FN3O6S/c1-5-9-22-16-21(17-27(42-7-3)30(22)43-20-29(38)35-25-14-12-24(34)13-15-25)18-28-31(39)37(6-2)33(44-28)36-26-11-8-10-23(19-26)32(40)41-4/h5,8,10-19H,1,6-7,9,20H2,2-4H3,(H,35,38). The molecule has 0 bridgehead atoms. The van der Waals surface area contributed by atoms with E-state index in [1.165, 1.54) is 43.1 Å². The van der Waals surface area contributed by atoms with Crippen LogP contribution in [-0.4, -0.2) is 54.7 Å². The van der Waals surface area contributed by atoms with E-state index >= 15 is 0 Å². The smallest absolute Gasteiger partial charge is 0.337 e. The second-order valence-electron chi connectivity index (χ2n) is 9.37. The second kappa shape index (κ2) is 15.0. The minimum absolute atomic E-state index is 0.207. The lowest BCUT2D eigenvalue weighted by Crippen LogP contribution is -2.28. The molecule has 3 aromatic rings. The van der Waals surface area contributed by atoms with Gasteiger partial charge in [0.25, 0.3) is 11.8 Å². The molecule has 1 N–H and O–H groups in total. The van der Waals surface area contributed by atoms with Crippen LogP contribution in [0.2, 0.25) is 0 Å². The molecule has 0 spiro atoms. The maximum Gasteiger partial charge on any atom is 0.337 e. The predicted octanol–water partition coefficient (Wildman–Crippen LogP) is 6.38. The number of carbonyl (C=O) groups excluding carboxylic acids is 3. The Balaban J connectivity index is 1.60. The molecule has 0 aliphatic carbocycles. The predicted molar refractivity (Wildman–Crippen MR) is 170 cm³/mol. The molecule has 1 aliphatic rings. The average Bonchev–Trinajstić information content (AvgIpc) is 3.30. The highest BCUT2D eigenvalue weighted by Gasteiger charge is 2.32. The Morgan fingerprint density at radius 3 is 2.55 bits per heavy atom. The van der Waals surface area contributed by atoms with Gasteiger partial charge in [0.2, 0.25) is 0 Å². The van der Waals surface area contributed by atoms with Gasteiger partial charge in [0.1, 0.15) is 5.82 Å². The average molecular weight is 618 g/mol. The SMILES string of the molecule is C=CCc1cc(C=C2SC(=Nc3cccc(C(=O)OC)c3)N(CC)C2=O)cc(OCC)c1OCC(=O)Nc1ccc(F)cc1. The third kappa shape index (κ3) is 7.93. The van der Waals surface area contributed by atoms with E-state index in [0.29, 0.717) is 69.2 Å². The quantitative estimate of drug-likeness (QED) is 0.143. The summed E-state index contributed by atoms with van der Waals surface area (Å²) in [6.07, 6.45) is 3.87. The van der Waals surface area contributed by atoms with Crippen LogP contribution in [0.3, 0.4) is 0 Å². The van der Waals surface area contributed by atoms with E-state index in [9.17, 15) is 18.8 Å². The number of allylic oxidation sites excluding steroid dienone is 1. The third-order valence-corrected chi connectivity index (χ3v) is 7.29. The number of thioether (sulfide) groups is 1. The van der Waals surface area contributed by atoms with Crippen LogP contribution >= 0.6 is 11.8 Å². The van der Waals surface area contributed by atoms with Crippen LogP contribution in [0.15, 0.2) is 83.2 Å². The Morgan fingerprint density at radius 1 is 1.09 bits per heavy atom. The monoisotopic (exact) mass is 617 g/mol. The van der Waals surface area contributed by atoms with Crippen LogP contribution in [-0.2, 0) is 20.7 Å². The fourth-order valence-corrected chi connectivity index (χ4v) is 5.38. The van der Waals surface area contributed by atoms with Gasteiger partial charge in [-0.25, -0.2) is 14.2 Å². The first-order valence-electron chi connectivity index (χ1n) is 13.8. The molecule has 4 rings (SSSR count). The zero-order valence-electron chi connectivity index (χ0n) is 24.6. The highest BCUT2D eigenvalue weighted by Crippen LogP contribution is 2.38. The minimum atomic E-state index is -0.475. The lowest BCUT2D eigenvalue weighted by molar-refractivity contribution is -0.122. The summed E-state index contributed by atoms with van der Waals surface area (Å²) in [4.78, 5) is 44.5. The Hall–Kier alpha value is -4.90. The number of likely N-dealkylation sites (N-methyl/N-ethyl adjacent to an activating group) is 1. The van der Waals surface area contributed by atoms with Crippen molar-refractivity contribution in [3.63, 3.8) is 0 Å². The van der Waals surface area contributed by atoms with Crippen molar-refractivity contribution >= 4 is 52.2 Å². The summed E-state index contributed by atoms with van der Waals surface area (Å²) in [5.74, 6) is -0.718. The summed E-state index contributed by atoms with van der Waals surface area (Å²) in [6.45, 7) is 7.96. The number of hydrogen-bond donors (Lipinski definition) is 1. The lowest BCUT2D eigenvalue weighted by atomic mass is 10.0. The van der Waals surface area contributed by atoms with Gasteiger partial charge in [-0.2, -0.15) is 0 Å². The van der Waals surface area contributed by atoms with Crippen molar-refractivity contribution in [1.82, 2.24) is 4.90 Å². The molecule has 0 unspecified atom stereocenters. The summed E-state index contributed by atoms with van der Waals surface area (Å²) >= 11 is 1.22. The van der Waals surface area contributed by atoms with Gasteiger partial charge in [-0.1, -0.05) is 12.1 Å². The summed E-state index contributed by atoms with van der Waals surface area (Å²) in [5.41, 5.74) is 2.71.